The van der Waals surface area contributed by atoms with Crippen LogP contribution in [-0.2, 0) is 12.1 Å². The quantitative estimate of drug-likeness (QED) is 0.280. The number of β-amino-alcohol motifs (C(OH)–C–C–N with tert-alkyl or cyclic N) is 1. The lowest BCUT2D eigenvalue weighted by molar-refractivity contribution is -0.459. The van der Waals surface area contributed by atoms with Gasteiger partial charge in [0.15, 0.2) is 0 Å². The Labute approximate surface area is 210 Å². The standard InChI is InChI=1S/C24H29Cl2N7O/c1-30(2)18-28-20-4-6-21(7-5-20)32-11-9-31(10-12-32)14-24(34,15-33-17-27-16-29-33)22-8-3-19(25)13-23(22)26/h3-8,13,16-18,34H,9-12,14-15H2,1-2H3/p+1. The Morgan fingerprint density at radius 1 is 1.06 bits per heavy atom. The molecule has 0 aliphatic carbocycles. The van der Waals surface area contributed by atoms with Gasteiger partial charge in [-0.2, -0.15) is 5.10 Å². The molecule has 0 bridgehead atoms. The van der Waals surface area contributed by atoms with Crippen molar-refractivity contribution < 1.29 is 9.68 Å². The highest BCUT2D eigenvalue weighted by molar-refractivity contribution is 6.35. The molecule has 1 fully saturated rings. The van der Waals surface area contributed by atoms with Gasteiger partial charge in [0.25, 0.3) is 0 Å². The molecule has 180 valence electrons. The summed E-state index contributed by atoms with van der Waals surface area (Å²) in [5, 5.41) is 20.2. The zero-order chi connectivity index (χ0) is 24.1. The van der Waals surface area contributed by atoms with Crippen molar-refractivity contribution in [1.29, 1.82) is 0 Å². The smallest absolute Gasteiger partial charge is 0.236 e. The van der Waals surface area contributed by atoms with Crippen LogP contribution in [0.5, 0.6) is 0 Å². The summed E-state index contributed by atoms with van der Waals surface area (Å²) in [4.78, 5) is 8.64. The lowest BCUT2D eigenvalue weighted by atomic mass is 9.92. The number of rotatable bonds is 8. The molecule has 0 saturated carbocycles. The molecule has 8 nitrogen and oxygen atoms in total. The Morgan fingerprint density at radius 2 is 1.79 bits per heavy atom. The summed E-state index contributed by atoms with van der Waals surface area (Å²) in [5.74, 6) is 0. The van der Waals surface area contributed by atoms with Gasteiger partial charge < -0.3 is 10.0 Å². The van der Waals surface area contributed by atoms with Gasteiger partial charge in [0, 0.05) is 54.0 Å². The Morgan fingerprint density at radius 3 is 2.41 bits per heavy atom. The summed E-state index contributed by atoms with van der Waals surface area (Å²) in [6, 6.07) is 13.6. The first-order valence-corrected chi connectivity index (χ1v) is 11.9. The average molecular weight is 503 g/mol. The Bertz CT molecular complexity index is 1110. The minimum atomic E-state index is -1.24. The third-order valence-electron chi connectivity index (χ3n) is 5.90. The van der Waals surface area contributed by atoms with Crippen molar-refractivity contribution in [3.63, 3.8) is 0 Å². The minimum absolute atomic E-state index is 0.243. The molecular weight excluding hydrogens is 473 g/mol. The SMILES string of the molecule is C[N+](C)=CNc1ccc(N2CCN(CC(O)(Cn3cncn3)c3ccc(Cl)cc3Cl)CC2)cc1. The fourth-order valence-corrected chi connectivity index (χ4v) is 4.76. The second-order valence-corrected chi connectivity index (χ2v) is 9.64. The highest BCUT2D eigenvalue weighted by Crippen LogP contribution is 2.33. The number of piperazine rings is 1. The van der Waals surface area contributed by atoms with Gasteiger partial charge >= 0.3 is 0 Å². The van der Waals surface area contributed by atoms with Crippen LogP contribution in [0.1, 0.15) is 5.56 Å². The largest absolute Gasteiger partial charge is 0.382 e. The molecule has 0 radical (unpaired) electrons. The van der Waals surface area contributed by atoms with Crippen LogP contribution in [0.25, 0.3) is 0 Å². The van der Waals surface area contributed by atoms with Crippen LogP contribution in [0, 0.1) is 0 Å². The Balaban J connectivity index is 1.43. The second kappa shape index (κ2) is 10.7. The minimum Gasteiger partial charge on any atom is -0.382 e. The van der Waals surface area contributed by atoms with Crippen molar-refractivity contribution in [1.82, 2.24) is 19.7 Å². The van der Waals surface area contributed by atoms with Crippen LogP contribution in [-0.4, -0.2) is 82.5 Å². The molecule has 1 saturated heterocycles. The van der Waals surface area contributed by atoms with Crippen molar-refractivity contribution in [2.45, 2.75) is 12.1 Å². The molecule has 2 heterocycles. The van der Waals surface area contributed by atoms with E-state index < -0.39 is 5.60 Å². The number of hydrogen-bond donors (Lipinski definition) is 2. The van der Waals surface area contributed by atoms with E-state index in [2.05, 4.69) is 49.5 Å². The topological polar surface area (TPSA) is 72.5 Å². The molecule has 2 aromatic carbocycles. The molecule has 3 aromatic rings. The van der Waals surface area contributed by atoms with E-state index in [9.17, 15) is 5.11 Å². The molecule has 1 aliphatic heterocycles. The van der Waals surface area contributed by atoms with E-state index >= 15 is 0 Å². The van der Waals surface area contributed by atoms with Gasteiger partial charge in [0.1, 0.15) is 23.9 Å². The van der Waals surface area contributed by atoms with Crippen LogP contribution in [0.4, 0.5) is 11.4 Å². The van der Waals surface area contributed by atoms with Crippen LogP contribution >= 0.6 is 23.2 Å². The third-order valence-corrected chi connectivity index (χ3v) is 6.45. The lowest BCUT2D eigenvalue weighted by Crippen LogP contribution is -2.52. The zero-order valence-electron chi connectivity index (χ0n) is 19.4. The third kappa shape index (κ3) is 6.07. The number of benzene rings is 2. The highest BCUT2D eigenvalue weighted by atomic mass is 35.5. The number of nitrogens with one attached hydrogen (secondary N) is 1. The molecule has 10 heteroatoms. The zero-order valence-corrected chi connectivity index (χ0v) is 20.9. The van der Waals surface area contributed by atoms with Gasteiger partial charge in [-0.05, 0) is 36.4 Å². The molecule has 1 aromatic heterocycles. The predicted molar refractivity (Wildman–Crippen MR) is 137 cm³/mol. The van der Waals surface area contributed by atoms with Gasteiger partial charge in [0.05, 0.1) is 20.6 Å². The molecular formula is C24H30Cl2N7O+. The normalized spacial score (nSPS) is 16.2. The van der Waals surface area contributed by atoms with Crippen molar-refractivity contribution in [3.8, 4) is 0 Å². The van der Waals surface area contributed by atoms with Gasteiger partial charge in [-0.15, -0.1) is 0 Å². The van der Waals surface area contributed by atoms with Gasteiger partial charge in [0.2, 0.25) is 6.34 Å². The lowest BCUT2D eigenvalue weighted by Gasteiger charge is -2.40. The Kier molecular flexibility index (Phi) is 7.73. The Hall–Kier alpha value is -2.65. The van der Waals surface area contributed by atoms with E-state index in [-0.39, 0.29) is 6.54 Å². The summed E-state index contributed by atoms with van der Waals surface area (Å²) in [6.45, 7) is 4.03. The number of hydrogen-bond acceptors (Lipinski definition) is 5. The number of aliphatic hydroxyl groups is 1. The molecule has 34 heavy (non-hydrogen) atoms. The maximum absolute atomic E-state index is 11.8. The molecule has 1 aliphatic rings. The van der Waals surface area contributed by atoms with Crippen LogP contribution in [0.3, 0.4) is 0 Å². The van der Waals surface area contributed by atoms with E-state index in [0.29, 0.717) is 22.2 Å². The van der Waals surface area contributed by atoms with Crippen molar-refractivity contribution in [2.24, 2.45) is 0 Å². The maximum Gasteiger partial charge on any atom is 0.236 e. The number of anilines is 2. The maximum atomic E-state index is 11.8. The first-order valence-electron chi connectivity index (χ1n) is 11.2. The van der Waals surface area contributed by atoms with Crippen molar-refractivity contribution in [3.05, 3.63) is 70.7 Å². The molecule has 0 spiro atoms. The summed E-state index contributed by atoms with van der Waals surface area (Å²) in [6.07, 6.45) is 4.98. The predicted octanol–water partition coefficient (Wildman–Crippen LogP) is 3.01. The molecule has 0 amide bonds. The van der Waals surface area contributed by atoms with Crippen LogP contribution in [0.2, 0.25) is 10.0 Å². The molecule has 4 rings (SSSR count). The summed E-state index contributed by atoms with van der Waals surface area (Å²) in [5.41, 5.74) is 1.63. The second-order valence-electron chi connectivity index (χ2n) is 8.80. The number of halogens is 2. The van der Waals surface area contributed by atoms with E-state index in [4.69, 9.17) is 23.2 Å². The first-order chi connectivity index (χ1) is 16.3. The van der Waals surface area contributed by atoms with E-state index in [1.54, 1.807) is 29.2 Å². The van der Waals surface area contributed by atoms with Gasteiger partial charge in [-0.3, -0.25) is 9.48 Å². The number of nitrogens with zero attached hydrogens (tertiary/aromatic N) is 6. The summed E-state index contributed by atoms with van der Waals surface area (Å²) in [7, 11) is 3.96. The first kappa shape index (κ1) is 24.5. The molecule has 1 unspecified atom stereocenters. The molecule has 2 N–H and O–H groups in total. The van der Waals surface area contributed by atoms with E-state index in [1.165, 1.54) is 12.0 Å². The van der Waals surface area contributed by atoms with Gasteiger partial charge in [-0.25, -0.2) is 15.0 Å². The highest BCUT2D eigenvalue weighted by Gasteiger charge is 2.35. The van der Waals surface area contributed by atoms with E-state index in [0.717, 1.165) is 31.9 Å². The number of aromatic nitrogens is 3. The monoisotopic (exact) mass is 502 g/mol. The average Bonchev–Trinajstić information content (AvgIpc) is 3.31. The fourth-order valence-electron chi connectivity index (χ4n) is 4.18. The van der Waals surface area contributed by atoms with Crippen molar-refractivity contribution >= 4 is 40.9 Å². The van der Waals surface area contributed by atoms with Crippen LogP contribution in [0.15, 0.2) is 55.1 Å². The summed E-state index contributed by atoms with van der Waals surface area (Å²) < 4.78 is 3.60. The summed E-state index contributed by atoms with van der Waals surface area (Å²) >= 11 is 12.6. The fraction of sp³-hybridized carbons (Fsp3) is 0.375. The van der Waals surface area contributed by atoms with Crippen LogP contribution < -0.4 is 10.2 Å². The van der Waals surface area contributed by atoms with E-state index in [1.807, 2.05) is 25.0 Å². The van der Waals surface area contributed by atoms with Crippen molar-refractivity contribution in [2.75, 3.05) is 57.0 Å². The van der Waals surface area contributed by atoms with Gasteiger partial charge in [-0.1, -0.05) is 29.3 Å². The molecule has 1 atom stereocenters.